The molecule has 6 nitrogen and oxygen atoms in total. The van der Waals surface area contributed by atoms with Gasteiger partial charge in [0, 0.05) is 32.6 Å². The number of carbonyl (C=O) groups excluding carboxylic acids is 1. The van der Waals surface area contributed by atoms with Crippen molar-refractivity contribution in [2.45, 2.75) is 23.6 Å². The maximum absolute atomic E-state index is 12.6. The van der Waals surface area contributed by atoms with E-state index in [0.29, 0.717) is 23.8 Å². The van der Waals surface area contributed by atoms with Gasteiger partial charge in [0.25, 0.3) is 10.0 Å². The van der Waals surface area contributed by atoms with Gasteiger partial charge in [0.05, 0.1) is 0 Å². The van der Waals surface area contributed by atoms with Crippen molar-refractivity contribution in [1.82, 2.24) is 14.5 Å². The number of likely N-dealkylation sites (N-methyl/N-ethyl adjacent to an activating group) is 1. The number of thiophene rings is 1. The van der Waals surface area contributed by atoms with Gasteiger partial charge in [0.15, 0.2) is 0 Å². The first-order valence-corrected chi connectivity index (χ1v) is 9.59. The molecule has 1 saturated heterocycles. The molecular formula is C14H23N3O3S2. The highest BCUT2D eigenvalue weighted by Crippen LogP contribution is 2.27. The topological polar surface area (TPSA) is 69.7 Å². The van der Waals surface area contributed by atoms with E-state index in [1.807, 2.05) is 19.0 Å². The van der Waals surface area contributed by atoms with Gasteiger partial charge in [-0.05, 0) is 37.9 Å². The van der Waals surface area contributed by atoms with E-state index in [1.54, 1.807) is 21.8 Å². The van der Waals surface area contributed by atoms with Gasteiger partial charge >= 0.3 is 0 Å². The molecule has 2 heterocycles. The van der Waals surface area contributed by atoms with Gasteiger partial charge in [-0.3, -0.25) is 4.79 Å². The van der Waals surface area contributed by atoms with Crippen molar-refractivity contribution < 1.29 is 13.2 Å². The monoisotopic (exact) mass is 345 g/mol. The molecule has 1 fully saturated rings. The van der Waals surface area contributed by atoms with E-state index < -0.39 is 10.0 Å². The maximum atomic E-state index is 12.6. The van der Waals surface area contributed by atoms with Crippen LogP contribution in [0.15, 0.2) is 21.7 Å². The van der Waals surface area contributed by atoms with Crippen molar-refractivity contribution in [2.75, 3.05) is 33.7 Å². The number of nitrogens with zero attached hydrogens (tertiary/aromatic N) is 2. The number of rotatable bonds is 5. The minimum absolute atomic E-state index is 0.0499. The first kappa shape index (κ1) is 17.4. The molecule has 1 amide bonds. The third-order valence-corrected chi connectivity index (χ3v) is 7.29. The number of carbonyl (C=O) groups is 1. The number of piperidine rings is 1. The fraction of sp³-hybridized carbons (Fsp3) is 0.643. The second-order valence-corrected chi connectivity index (χ2v) is 8.92. The molecule has 0 unspecified atom stereocenters. The van der Waals surface area contributed by atoms with Crippen LogP contribution in [0.1, 0.15) is 13.3 Å². The van der Waals surface area contributed by atoms with E-state index in [9.17, 15) is 13.2 Å². The van der Waals surface area contributed by atoms with Crippen LogP contribution in [0.5, 0.6) is 0 Å². The lowest BCUT2D eigenvalue weighted by atomic mass is 9.92. The average Bonchev–Trinajstić information content (AvgIpc) is 2.99. The Bertz CT molecular complexity index is 599. The summed E-state index contributed by atoms with van der Waals surface area (Å²) in [5.74, 6) is 0.208. The fourth-order valence-corrected chi connectivity index (χ4v) is 5.42. The standard InChI is InChI=1S/C14H23N3O3S2/c1-11(18)15-9-12-6-7-17(10-13(12)16(2)3)22(19,20)14-5-4-8-21-14/h4-5,8,12-13H,6-7,9-10H2,1-3H3,(H,15,18)/t12-,13-/m1/s1. The zero-order valence-corrected chi connectivity index (χ0v) is 14.8. The smallest absolute Gasteiger partial charge is 0.252 e. The minimum Gasteiger partial charge on any atom is -0.356 e. The van der Waals surface area contributed by atoms with Crippen LogP contribution in [-0.2, 0) is 14.8 Å². The molecule has 0 radical (unpaired) electrons. The van der Waals surface area contributed by atoms with Gasteiger partial charge < -0.3 is 10.2 Å². The zero-order valence-electron chi connectivity index (χ0n) is 13.2. The Morgan fingerprint density at radius 1 is 1.50 bits per heavy atom. The Hall–Kier alpha value is -0.960. The van der Waals surface area contributed by atoms with Gasteiger partial charge in [-0.1, -0.05) is 6.07 Å². The lowest BCUT2D eigenvalue weighted by Crippen LogP contribution is -2.54. The number of hydrogen-bond donors (Lipinski definition) is 1. The van der Waals surface area contributed by atoms with Crippen molar-refractivity contribution in [3.8, 4) is 0 Å². The second-order valence-electron chi connectivity index (χ2n) is 5.81. The Kier molecular flexibility index (Phi) is 5.60. The van der Waals surface area contributed by atoms with Crippen LogP contribution < -0.4 is 5.32 Å². The first-order valence-electron chi connectivity index (χ1n) is 7.27. The molecule has 22 heavy (non-hydrogen) atoms. The summed E-state index contributed by atoms with van der Waals surface area (Å²) in [6, 6.07) is 3.49. The van der Waals surface area contributed by atoms with Crippen LogP contribution in [0.3, 0.4) is 0 Å². The predicted molar refractivity (Wildman–Crippen MR) is 87.3 cm³/mol. The third kappa shape index (κ3) is 3.87. The maximum Gasteiger partial charge on any atom is 0.252 e. The van der Waals surface area contributed by atoms with E-state index in [-0.39, 0.29) is 17.9 Å². The molecule has 1 aromatic heterocycles. The molecule has 0 aromatic carbocycles. The van der Waals surface area contributed by atoms with Crippen molar-refractivity contribution in [2.24, 2.45) is 5.92 Å². The Balaban J connectivity index is 2.11. The molecule has 1 N–H and O–H groups in total. The lowest BCUT2D eigenvalue weighted by molar-refractivity contribution is -0.119. The summed E-state index contributed by atoms with van der Waals surface area (Å²) in [6.07, 6.45) is 0.744. The molecule has 2 rings (SSSR count). The fourth-order valence-electron chi connectivity index (χ4n) is 2.80. The normalized spacial score (nSPS) is 23.6. The molecule has 0 saturated carbocycles. The van der Waals surface area contributed by atoms with E-state index >= 15 is 0 Å². The van der Waals surface area contributed by atoms with Crippen molar-refractivity contribution in [1.29, 1.82) is 0 Å². The molecule has 1 aliphatic rings. The summed E-state index contributed by atoms with van der Waals surface area (Å²) < 4.78 is 27.2. The summed E-state index contributed by atoms with van der Waals surface area (Å²) in [5.41, 5.74) is 0. The highest BCUT2D eigenvalue weighted by atomic mass is 32.2. The molecule has 2 atom stereocenters. The van der Waals surface area contributed by atoms with E-state index in [4.69, 9.17) is 0 Å². The molecule has 0 aliphatic carbocycles. The predicted octanol–water partition coefficient (Wildman–Crippen LogP) is 0.825. The summed E-state index contributed by atoms with van der Waals surface area (Å²) in [7, 11) is 0.500. The van der Waals surface area contributed by atoms with Gasteiger partial charge in [0.2, 0.25) is 5.91 Å². The van der Waals surface area contributed by atoms with Crippen LogP contribution in [0.4, 0.5) is 0 Å². The van der Waals surface area contributed by atoms with E-state index in [2.05, 4.69) is 5.32 Å². The second kappa shape index (κ2) is 7.08. The van der Waals surface area contributed by atoms with E-state index in [1.165, 1.54) is 18.3 Å². The Labute approximate surface area is 136 Å². The molecule has 0 spiro atoms. The lowest BCUT2D eigenvalue weighted by Gasteiger charge is -2.41. The highest BCUT2D eigenvalue weighted by Gasteiger charge is 2.36. The summed E-state index contributed by atoms with van der Waals surface area (Å²) in [4.78, 5) is 13.2. The molecule has 1 aromatic rings. The van der Waals surface area contributed by atoms with Crippen LogP contribution in [0.2, 0.25) is 0 Å². The number of sulfonamides is 1. The van der Waals surface area contributed by atoms with Crippen LogP contribution >= 0.6 is 11.3 Å². The molecule has 124 valence electrons. The minimum atomic E-state index is -3.40. The van der Waals surface area contributed by atoms with Gasteiger partial charge in [0.1, 0.15) is 4.21 Å². The average molecular weight is 345 g/mol. The Morgan fingerprint density at radius 3 is 2.77 bits per heavy atom. The Morgan fingerprint density at radius 2 is 2.23 bits per heavy atom. The number of nitrogens with one attached hydrogen (secondary N) is 1. The molecular weight excluding hydrogens is 322 g/mol. The SMILES string of the molecule is CC(=O)NC[C@H]1CCN(S(=O)(=O)c2cccs2)C[C@H]1N(C)C. The molecule has 8 heteroatoms. The van der Waals surface area contributed by atoms with E-state index in [0.717, 1.165) is 6.42 Å². The number of hydrogen-bond acceptors (Lipinski definition) is 5. The van der Waals surface area contributed by atoms with Crippen LogP contribution in [0, 0.1) is 5.92 Å². The zero-order chi connectivity index (χ0) is 16.3. The largest absolute Gasteiger partial charge is 0.356 e. The van der Waals surface area contributed by atoms with Crippen molar-refractivity contribution >= 4 is 27.3 Å². The number of amides is 1. The summed E-state index contributed by atoms with van der Waals surface area (Å²) >= 11 is 1.25. The van der Waals surface area contributed by atoms with Gasteiger partial charge in [-0.2, -0.15) is 4.31 Å². The van der Waals surface area contributed by atoms with Crippen LogP contribution in [0.25, 0.3) is 0 Å². The van der Waals surface area contributed by atoms with Crippen molar-refractivity contribution in [3.63, 3.8) is 0 Å². The van der Waals surface area contributed by atoms with Gasteiger partial charge in [-0.25, -0.2) is 8.42 Å². The van der Waals surface area contributed by atoms with Crippen molar-refractivity contribution in [3.05, 3.63) is 17.5 Å². The quantitative estimate of drug-likeness (QED) is 0.858. The summed E-state index contributed by atoms with van der Waals surface area (Å²) in [6.45, 7) is 3.04. The third-order valence-electron chi connectivity index (χ3n) is 4.05. The highest BCUT2D eigenvalue weighted by molar-refractivity contribution is 7.91. The van der Waals surface area contributed by atoms with Crippen LogP contribution in [-0.4, -0.2) is 63.3 Å². The molecule has 0 bridgehead atoms. The van der Waals surface area contributed by atoms with Gasteiger partial charge in [-0.15, -0.1) is 11.3 Å². The molecule has 1 aliphatic heterocycles. The summed E-state index contributed by atoms with van der Waals surface area (Å²) in [5, 5.41) is 4.63. The first-order chi connectivity index (χ1) is 10.3.